The SMILES string of the molecule is COc1ccc(Nc2ccccc2C(=O)NC2CCCNC2)cc1. The van der Waals surface area contributed by atoms with Crippen LogP contribution in [-0.2, 0) is 0 Å². The topological polar surface area (TPSA) is 62.4 Å². The summed E-state index contributed by atoms with van der Waals surface area (Å²) in [5.74, 6) is 0.761. The van der Waals surface area contributed by atoms with Crippen molar-refractivity contribution in [3.05, 3.63) is 54.1 Å². The number of piperidine rings is 1. The molecule has 24 heavy (non-hydrogen) atoms. The average Bonchev–Trinajstić information content (AvgIpc) is 2.63. The summed E-state index contributed by atoms with van der Waals surface area (Å²) in [7, 11) is 1.64. The number of hydrogen-bond donors (Lipinski definition) is 3. The quantitative estimate of drug-likeness (QED) is 0.791. The summed E-state index contributed by atoms with van der Waals surface area (Å²) in [5.41, 5.74) is 2.36. The number of amides is 1. The summed E-state index contributed by atoms with van der Waals surface area (Å²) in [4.78, 5) is 12.6. The molecule has 126 valence electrons. The minimum absolute atomic E-state index is 0.0414. The van der Waals surface area contributed by atoms with Crippen LogP contribution in [0.25, 0.3) is 0 Å². The smallest absolute Gasteiger partial charge is 0.253 e. The van der Waals surface area contributed by atoms with Gasteiger partial charge in [0.1, 0.15) is 5.75 Å². The van der Waals surface area contributed by atoms with E-state index in [0.29, 0.717) is 5.56 Å². The van der Waals surface area contributed by atoms with Gasteiger partial charge in [0.15, 0.2) is 0 Å². The molecule has 1 aliphatic rings. The molecule has 0 spiro atoms. The molecule has 5 nitrogen and oxygen atoms in total. The van der Waals surface area contributed by atoms with Gasteiger partial charge in [0.05, 0.1) is 18.4 Å². The van der Waals surface area contributed by atoms with Crippen molar-refractivity contribution in [2.45, 2.75) is 18.9 Å². The first-order valence-corrected chi connectivity index (χ1v) is 8.28. The molecular weight excluding hydrogens is 302 g/mol. The molecule has 0 aliphatic carbocycles. The Morgan fingerprint density at radius 1 is 1.17 bits per heavy atom. The van der Waals surface area contributed by atoms with Crippen molar-refractivity contribution in [1.82, 2.24) is 10.6 Å². The molecule has 0 saturated carbocycles. The second-order valence-corrected chi connectivity index (χ2v) is 5.92. The summed E-state index contributed by atoms with van der Waals surface area (Å²) in [6.07, 6.45) is 2.11. The van der Waals surface area contributed by atoms with Crippen LogP contribution in [-0.4, -0.2) is 32.1 Å². The van der Waals surface area contributed by atoms with Crippen LogP contribution >= 0.6 is 0 Å². The van der Waals surface area contributed by atoms with Crippen molar-refractivity contribution in [2.24, 2.45) is 0 Å². The number of hydrogen-bond acceptors (Lipinski definition) is 4. The lowest BCUT2D eigenvalue weighted by Crippen LogP contribution is -2.45. The van der Waals surface area contributed by atoms with Crippen molar-refractivity contribution >= 4 is 17.3 Å². The fourth-order valence-electron chi connectivity index (χ4n) is 2.86. The first-order valence-electron chi connectivity index (χ1n) is 8.28. The summed E-state index contributed by atoms with van der Waals surface area (Å²) >= 11 is 0. The summed E-state index contributed by atoms with van der Waals surface area (Å²) < 4.78 is 5.17. The maximum Gasteiger partial charge on any atom is 0.253 e. The highest BCUT2D eigenvalue weighted by molar-refractivity contribution is 6.00. The molecule has 0 radical (unpaired) electrons. The summed E-state index contributed by atoms with van der Waals surface area (Å²) in [6, 6.07) is 15.4. The Labute approximate surface area is 142 Å². The Morgan fingerprint density at radius 3 is 2.67 bits per heavy atom. The molecule has 0 aromatic heterocycles. The second-order valence-electron chi connectivity index (χ2n) is 5.92. The van der Waals surface area contributed by atoms with Gasteiger partial charge >= 0.3 is 0 Å². The molecule has 0 bridgehead atoms. The van der Waals surface area contributed by atoms with Crippen LogP contribution in [0.4, 0.5) is 11.4 Å². The van der Waals surface area contributed by atoms with Crippen molar-refractivity contribution in [1.29, 1.82) is 0 Å². The highest BCUT2D eigenvalue weighted by Crippen LogP contribution is 2.23. The van der Waals surface area contributed by atoms with Crippen molar-refractivity contribution in [3.63, 3.8) is 0 Å². The van der Waals surface area contributed by atoms with Crippen LogP contribution in [0.3, 0.4) is 0 Å². The fourth-order valence-corrected chi connectivity index (χ4v) is 2.86. The Balaban J connectivity index is 1.72. The average molecular weight is 325 g/mol. The molecule has 1 atom stereocenters. The van der Waals surface area contributed by atoms with Crippen LogP contribution < -0.4 is 20.7 Å². The lowest BCUT2D eigenvalue weighted by Gasteiger charge is -2.24. The zero-order valence-corrected chi connectivity index (χ0v) is 13.8. The molecular formula is C19H23N3O2. The molecule has 2 aromatic rings. The molecule has 1 unspecified atom stereocenters. The van der Waals surface area contributed by atoms with E-state index in [1.54, 1.807) is 7.11 Å². The number of nitrogens with one attached hydrogen (secondary N) is 3. The molecule has 1 heterocycles. The molecule has 1 amide bonds. The predicted octanol–water partition coefficient (Wildman–Crippen LogP) is 2.92. The van der Waals surface area contributed by atoms with Crippen LogP contribution in [0.2, 0.25) is 0 Å². The number of para-hydroxylation sites is 1. The minimum Gasteiger partial charge on any atom is -0.497 e. The minimum atomic E-state index is -0.0414. The largest absolute Gasteiger partial charge is 0.497 e. The van der Waals surface area contributed by atoms with E-state index in [-0.39, 0.29) is 11.9 Å². The zero-order valence-electron chi connectivity index (χ0n) is 13.8. The molecule has 1 aliphatic heterocycles. The second kappa shape index (κ2) is 7.84. The molecule has 3 N–H and O–H groups in total. The fraction of sp³-hybridized carbons (Fsp3) is 0.316. The standard InChI is InChI=1S/C19H23N3O2/c1-24-16-10-8-14(9-11-16)21-18-7-3-2-6-17(18)19(23)22-15-5-4-12-20-13-15/h2-3,6-11,15,20-21H,4-5,12-13H2,1H3,(H,22,23). The third-order valence-corrected chi connectivity index (χ3v) is 4.17. The number of carbonyl (C=O) groups excluding carboxylic acids is 1. The number of benzene rings is 2. The Kier molecular flexibility index (Phi) is 5.33. The molecule has 3 rings (SSSR count). The summed E-state index contributed by atoms with van der Waals surface area (Å²) in [5, 5.41) is 9.74. The number of ether oxygens (including phenoxy) is 1. The molecule has 1 saturated heterocycles. The Hall–Kier alpha value is -2.53. The van der Waals surface area contributed by atoms with Gasteiger partial charge < -0.3 is 20.7 Å². The lowest BCUT2D eigenvalue weighted by molar-refractivity contribution is 0.0931. The van der Waals surface area contributed by atoms with E-state index in [0.717, 1.165) is 43.1 Å². The number of rotatable bonds is 5. The first kappa shape index (κ1) is 16.3. The summed E-state index contributed by atoms with van der Waals surface area (Å²) in [6.45, 7) is 1.86. The van der Waals surface area contributed by atoms with Crippen molar-refractivity contribution in [2.75, 3.05) is 25.5 Å². The molecule has 5 heteroatoms. The van der Waals surface area contributed by atoms with Crippen molar-refractivity contribution in [3.8, 4) is 5.75 Å². The number of anilines is 2. The molecule has 1 fully saturated rings. The normalized spacial score (nSPS) is 17.1. The van der Waals surface area contributed by atoms with Gasteiger partial charge in [-0.3, -0.25) is 4.79 Å². The highest BCUT2D eigenvalue weighted by atomic mass is 16.5. The van der Waals surface area contributed by atoms with Crippen LogP contribution in [0.5, 0.6) is 5.75 Å². The number of carbonyl (C=O) groups is 1. The van der Waals surface area contributed by atoms with Crippen LogP contribution in [0.15, 0.2) is 48.5 Å². The highest BCUT2D eigenvalue weighted by Gasteiger charge is 2.18. The van der Waals surface area contributed by atoms with Gasteiger partial charge in [-0.15, -0.1) is 0 Å². The van der Waals surface area contributed by atoms with E-state index >= 15 is 0 Å². The first-order chi connectivity index (χ1) is 11.8. The van der Waals surface area contributed by atoms with Gasteiger partial charge in [-0.1, -0.05) is 12.1 Å². The van der Waals surface area contributed by atoms with E-state index in [2.05, 4.69) is 16.0 Å². The van der Waals surface area contributed by atoms with Gasteiger partial charge in [-0.25, -0.2) is 0 Å². The van der Waals surface area contributed by atoms with Crippen LogP contribution in [0, 0.1) is 0 Å². The van der Waals surface area contributed by atoms with Gasteiger partial charge in [-0.05, 0) is 55.8 Å². The van der Waals surface area contributed by atoms with E-state index < -0.39 is 0 Å². The monoisotopic (exact) mass is 325 g/mol. The predicted molar refractivity (Wildman–Crippen MR) is 96.1 cm³/mol. The van der Waals surface area contributed by atoms with Crippen LogP contribution in [0.1, 0.15) is 23.2 Å². The molecule has 2 aromatic carbocycles. The Morgan fingerprint density at radius 2 is 1.96 bits per heavy atom. The third kappa shape index (κ3) is 4.06. The van der Waals surface area contributed by atoms with E-state index in [1.807, 2.05) is 48.5 Å². The number of methoxy groups -OCH3 is 1. The van der Waals surface area contributed by atoms with Gasteiger partial charge in [0, 0.05) is 18.3 Å². The van der Waals surface area contributed by atoms with E-state index in [9.17, 15) is 4.79 Å². The Bertz CT molecular complexity index is 679. The van der Waals surface area contributed by atoms with E-state index in [1.165, 1.54) is 0 Å². The van der Waals surface area contributed by atoms with Gasteiger partial charge in [0.25, 0.3) is 5.91 Å². The van der Waals surface area contributed by atoms with Gasteiger partial charge in [0.2, 0.25) is 0 Å². The van der Waals surface area contributed by atoms with E-state index in [4.69, 9.17) is 4.74 Å². The third-order valence-electron chi connectivity index (χ3n) is 4.17. The maximum absolute atomic E-state index is 12.6. The lowest BCUT2D eigenvalue weighted by atomic mass is 10.1. The maximum atomic E-state index is 12.6. The zero-order chi connectivity index (χ0) is 16.8. The van der Waals surface area contributed by atoms with Crippen molar-refractivity contribution < 1.29 is 9.53 Å². The van der Waals surface area contributed by atoms with Gasteiger partial charge in [-0.2, -0.15) is 0 Å².